The number of piperazine rings is 1. The third-order valence-electron chi connectivity index (χ3n) is 3.00. The van der Waals surface area contributed by atoms with E-state index >= 15 is 0 Å². The molecule has 1 saturated heterocycles. The molecule has 1 fully saturated rings. The molecule has 0 aliphatic carbocycles. The molecule has 90 valence electrons. The van der Waals surface area contributed by atoms with Gasteiger partial charge < -0.3 is 14.9 Å². The Bertz CT molecular complexity index is 353. The minimum absolute atomic E-state index is 0.408. The van der Waals surface area contributed by atoms with Gasteiger partial charge >= 0.3 is 0 Å². The van der Waals surface area contributed by atoms with E-state index in [0.717, 1.165) is 29.6 Å². The molecule has 2 rings (SSSR count). The minimum atomic E-state index is -0.408. The molecule has 1 aliphatic rings. The number of aromatic nitrogens is 1. The number of rotatable bonds is 2. The van der Waals surface area contributed by atoms with Crippen LogP contribution >= 0.6 is 11.3 Å². The summed E-state index contributed by atoms with van der Waals surface area (Å²) >= 11 is 1.60. The van der Waals surface area contributed by atoms with Crippen molar-refractivity contribution in [2.45, 2.75) is 26.0 Å². The van der Waals surface area contributed by atoms with E-state index in [2.05, 4.69) is 28.8 Å². The molecule has 0 radical (unpaired) electrons. The topological polar surface area (TPSA) is 39.6 Å². The van der Waals surface area contributed by atoms with E-state index in [0.29, 0.717) is 6.04 Å². The zero-order valence-electron chi connectivity index (χ0n) is 10.1. The van der Waals surface area contributed by atoms with E-state index in [1.54, 1.807) is 24.5 Å². The smallest absolute Gasteiger partial charge is 0.185 e. The highest BCUT2D eigenvalue weighted by Crippen LogP contribution is 2.29. The van der Waals surface area contributed by atoms with Crippen molar-refractivity contribution in [3.63, 3.8) is 0 Å². The fourth-order valence-corrected chi connectivity index (χ4v) is 3.01. The minimum Gasteiger partial charge on any atom is -0.388 e. The number of hydrogen-bond acceptors (Lipinski definition) is 5. The van der Waals surface area contributed by atoms with Crippen LogP contribution in [0.2, 0.25) is 0 Å². The molecule has 2 unspecified atom stereocenters. The quantitative estimate of drug-likeness (QED) is 0.848. The van der Waals surface area contributed by atoms with E-state index in [-0.39, 0.29) is 0 Å². The van der Waals surface area contributed by atoms with Crippen molar-refractivity contribution in [1.29, 1.82) is 0 Å². The predicted molar refractivity (Wildman–Crippen MR) is 67.1 cm³/mol. The number of hydrogen-bond donors (Lipinski definition) is 1. The molecule has 0 aromatic carbocycles. The van der Waals surface area contributed by atoms with Gasteiger partial charge in [0.25, 0.3) is 0 Å². The molecule has 0 amide bonds. The van der Waals surface area contributed by atoms with Gasteiger partial charge in [0.15, 0.2) is 5.13 Å². The van der Waals surface area contributed by atoms with Gasteiger partial charge in [-0.3, -0.25) is 0 Å². The van der Waals surface area contributed by atoms with Crippen LogP contribution in [0, 0.1) is 0 Å². The number of likely N-dealkylation sites (N-methyl/N-ethyl adjacent to an activating group) is 1. The van der Waals surface area contributed by atoms with Gasteiger partial charge in [-0.15, -0.1) is 0 Å². The summed E-state index contributed by atoms with van der Waals surface area (Å²) in [7, 11) is 2.15. The average Bonchev–Trinajstić information content (AvgIpc) is 2.66. The van der Waals surface area contributed by atoms with Gasteiger partial charge in [-0.2, -0.15) is 0 Å². The van der Waals surface area contributed by atoms with Gasteiger partial charge in [0.05, 0.1) is 11.0 Å². The largest absolute Gasteiger partial charge is 0.388 e. The molecule has 1 aromatic rings. The molecular formula is C11H19N3OS. The Kier molecular flexibility index (Phi) is 3.47. The summed E-state index contributed by atoms with van der Waals surface area (Å²) in [6.07, 6.45) is 1.38. The van der Waals surface area contributed by atoms with E-state index < -0.39 is 6.10 Å². The number of aliphatic hydroxyl groups is 1. The summed E-state index contributed by atoms with van der Waals surface area (Å²) in [5.41, 5.74) is 0. The highest BCUT2D eigenvalue weighted by molar-refractivity contribution is 7.15. The van der Waals surface area contributed by atoms with Crippen molar-refractivity contribution in [3.05, 3.63) is 11.1 Å². The number of aliphatic hydroxyl groups excluding tert-OH is 1. The van der Waals surface area contributed by atoms with Crippen molar-refractivity contribution in [2.75, 3.05) is 31.6 Å². The number of anilines is 1. The van der Waals surface area contributed by atoms with Crippen molar-refractivity contribution >= 4 is 16.5 Å². The van der Waals surface area contributed by atoms with Crippen molar-refractivity contribution in [2.24, 2.45) is 0 Å². The van der Waals surface area contributed by atoms with Crippen LogP contribution in [0.1, 0.15) is 24.8 Å². The number of nitrogens with zero attached hydrogens (tertiary/aromatic N) is 3. The van der Waals surface area contributed by atoms with Crippen molar-refractivity contribution in [1.82, 2.24) is 9.88 Å². The summed E-state index contributed by atoms with van der Waals surface area (Å²) < 4.78 is 0. The molecule has 1 N–H and O–H groups in total. The second-order valence-corrected chi connectivity index (χ2v) is 5.57. The maximum atomic E-state index is 9.49. The summed E-state index contributed by atoms with van der Waals surface area (Å²) in [6, 6.07) is 0.492. The van der Waals surface area contributed by atoms with Gasteiger partial charge in [0.1, 0.15) is 0 Å². The lowest BCUT2D eigenvalue weighted by atomic mass is 10.2. The van der Waals surface area contributed by atoms with Gasteiger partial charge in [-0.05, 0) is 20.9 Å². The standard InChI is InChI=1S/C11H19N3OS/c1-8-7-13(3)4-5-14(8)11-12-6-10(16-11)9(2)15/h6,8-9,15H,4-5,7H2,1-3H3. The lowest BCUT2D eigenvalue weighted by Gasteiger charge is -2.38. The van der Waals surface area contributed by atoms with Gasteiger partial charge in [0, 0.05) is 31.9 Å². The Balaban J connectivity index is 2.11. The first-order valence-corrected chi connectivity index (χ1v) is 6.48. The molecule has 0 spiro atoms. The molecule has 16 heavy (non-hydrogen) atoms. The Morgan fingerprint density at radius 1 is 1.56 bits per heavy atom. The third kappa shape index (κ3) is 2.36. The molecular weight excluding hydrogens is 222 g/mol. The first kappa shape index (κ1) is 11.8. The maximum Gasteiger partial charge on any atom is 0.185 e. The van der Waals surface area contributed by atoms with E-state index in [1.807, 2.05) is 0 Å². The molecule has 2 heterocycles. The first-order chi connectivity index (χ1) is 7.58. The summed E-state index contributed by atoms with van der Waals surface area (Å²) in [5.74, 6) is 0. The van der Waals surface area contributed by atoms with Gasteiger partial charge in [-0.1, -0.05) is 11.3 Å². The summed E-state index contributed by atoms with van der Waals surface area (Å²) in [6.45, 7) is 7.17. The summed E-state index contributed by atoms with van der Waals surface area (Å²) in [4.78, 5) is 10.0. The van der Waals surface area contributed by atoms with Gasteiger partial charge in [0.2, 0.25) is 0 Å². The predicted octanol–water partition coefficient (Wildman–Crippen LogP) is 1.34. The lowest BCUT2D eigenvalue weighted by Crippen LogP contribution is -2.50. The Morgan fingerprint density at radius 2 is 2.31 bits per heavy atom. The van der Waals surface area contributed by atoms with Crippen LogP contribution in [0.3, 0.4) is 0 Å². The fourth-order valence-electron chi connectivity index (χ4n) is 2.03. The third-order valence-corrected chi connectivity index (χ3v) is 4.20. The average molecular weight is 241 g/mol. The number of thiazole rings is 1. The Labute approximate surface area is 101 Å². The van der Waals surface area contributed by atoms with Crippen LogP contribution in [0.4, 0.5) is 5.13 Å². The second-order valence-electron chi connectivity index (χ2n) is 4.53. The zero-order valence-corrected chi connectivity index (χ0v) is 10.9. The van der Waals surface area contributed by atoms with Crippen molar-refractivity contribution in [3.8, 4) is 0 Å². The highest BCUT2D eigenvalue weighted by atomic mass is 32.1. The normalized spacial score (nSPS) is 24.8. The van der Waals surface area contributed by atoms with Crippen LogP contribution in [0.25, 0.3) is 0 Å². The molecule has 1 aromatic heterocycles. The van der Waals surface area contributed by atoms with E-state index in [9.17, 15) is 5.11 Å². The summed E-state index contributed by atoms with van der Waals surface area (Å²) in [5, 5.41) is 10.5. The van der Waals surface area contributed by atoms with Gasteiger partial charge in [-0.25, -0.2) is 4.98 Å². The molecule has 4 nitrogen and oxygen atoms in total. The maximum absolute atomic E-state index is 9.49. The van der Waals surface area contributed by atoms with E-state index in [4.69, 9.17) is 0 Å². The van der Waals surface area contributed by atoms with E-state index in [1.165, 1.54) is 0 Å². The van der Waals surface area contributed by atoms with Crippen LogP contribution in [0.5, 0.6) is 0 Å². The SMILES string of the molecule is CC(O)c1cnc(N2CCN(C)CC2C)s1. The molecule has 0 saturated carbocycles. The Hall–Kier alpha value is -0.650. The first-order valence-electron chi connectivity index (χ1n) is 5.67. The monoisotopic (exact) mass is 241 g/mol. The zero-order chi connectivity index (χ0) is 11.7. The molecule has 2 atom stereocenters. The van der Waals surface area contributed by atoms with Crippen LogP contribution < -0.4 is 4.90 Å². The van der Waals surface area contributed by atoms with Crippen molar-refractivity contribution < 1.29 is 5.11 Å². The Morgan fingerprint density at radius 3 is 2.88 bits per heavy atom. The van der Waals surface area contributed by atoms with Crippen LogP contribution in [0.15, 0.2) is 6.20 Å². The second kappa shape index (κ2) is 4.69. The fraction of sp³-hybridized carbons (Fsp3) is 0.727. The molecule has 0 bridgehead atoms. The van der Waals surface area contributed by atoms with Crippen LogP contribution in [-0.2, 0) is 0 Å². The molecule has 1 aliphatic heterocycles. The lowest BCUT2D eigenvalue weighted by molar-refractivity contribution is 0.203. The molecule has 5 heteroatoms. The highest BCUT2D eigenvalue weighted by Gasteiger charge is 2.24. The van der Waals surface area contributed by atoms with Crippen LogP contribution in [-0.4, -0.2) is 47.7 Å².